The predicted molar refractivity (Wildman–Crippen MR) is 194 cm³/mol. The van der Waals surface area contributed by atoms with Crippen molar-refractivity contribution in [2.24, 2.45) is 0 Å². The van der Waals surface area contributed by atoms with E-state index in [1.807, 2.05) is 42.5 Å². The van der Waals surface area contributed by atoms with Gasteiger partial charge in [-0.05, 0) is 98.0 Å². The number of phenols is 2. The topological polar surface area (TPSA) is 128 Å². The van der Waals surface area contributed by atoms with Gasteiger partial charge >= 0.3 is 6.09 Å². The summed E-state index contributed by atoms with van der Waals surface area (Å²) in [6, 6.07) is 22.6. The molecule has 0 spiro atoms. The Hall–Kier alpha value is -5.05. The van der Waals surface area contributed by atoms with E-state index in [1.165, 1.54) is 23.1 Å². The molecule has 0 saturated heterocycles. The smallest absolute Gasteiger partial charge is 0.408 e. The average Bonchev–Trinajstić information content (AvgIpc) is 3.05. The lowest BCUT2D eigenvalue weighted by molar-refractivity contribution is -0.140. The SMILES string of the molecule is CCCCCCCN(C(=O)C(Cc1ccc(O)cc1)NC(=O)OC(C)(C)C)C(C(=O)Nc1ccc2ccccc2c1)c1ccc(O)c(C)c1. The Balaban J connectivity index is 1.77. The van der Waals surface area contributed by atoms with Crippen LogP contribution >= 0.6 is 0 Å². The van der Waals surface area contributed by atoms with E-state index >= 15 is 0 Å². The van der Waals surface area contributed by atoms with Gasteiger partial charge in [0.25, 0.3) is 5.91 Å². The fraction of sp³-hybridized carbons (Fsp3) is 0.375. The molecule has 0 aliphatic carbocycles. The number of amides is 3. The van der Waals surface area contributed by atoms with Gasteiger partial charge in [0.05, 0.1) is 0 Å². The Morgan fingerprint density at radius 2 is 1.53 bits per heavy atom. The van der Waals surface area contributed by atoms with Crippen molar-refractivity contribution in [3.63, 3.8) is 0 Å². The van der Waals surface area contributed by atoms with E-state index in [2.05, 4.69) is 17.6 Å². The van der Waals surface area contributed by atoms with Gasteiger partial charge < -0.3 is 30.5 Å². The fourth-order valence-corrected chi connectivity index (χ4v) is 5.77. The number of alkyl carbamates (subject to hydrolysis) is 1. The predicted octanol–water partition coefficient (Wildman–Crippen LogP) is 8.17. The molecule has 0 fully saturated rings. The van der Waals surface area contributed by atoms with Crippen LogP contribution < -0.4 is 10.6 Å². The van der Waals surface area contributed by atoms with Crippen LogP contribution in [0.5, 0.6) is 11.5 Å². The first-order valence-electron chi connectivity index (χ1n) is 17.0. The molecule has 4 N–H and O–H groups in total. The Labute approximate surface area is 289 Å². The van der Waals surface area contributed by atoms with Gasteiger partial charge in [-0.3, -0.25) is 9.59 Å². The summed E-state index contributed by atoms with van der Waals surface area (Å²) in [6.07, 6.45) is 3.93. The molecule has 260 valence electrons. The highest BCUT2D eigenvalue weighted by atomic mass is 16.6. The highest BCUT2D eigenvalue weighted by Crippen LogP contribution is 2.30. The van der Waals surface area contributed by atoms with Crippen LogP contribution in [0.4, 0.5) is 10.5 Å². The number of ether oxygens (including phenoxy) is 1. The number of fused-ring (bicyclic) bond motifs is 1. The number of anilines is 1. The first-order chi connectivity index (χ1) is 23.3. The summed E-state index contributed by atoms with van der Waals surface area (Å²) in [6.45, 7) is 9.35. The summed E-state index contributed by atoms with van der Waals surface area (Å²) < 4.78 is 5.55. The van der Waals surface area contributed by atoms with Gasteiger partial charge in [-0.2, -0.15) is 0 Å². The number of benzene rings is 4. The van der Waals surface area contributed by atoms with Crippen LogP contribution in [-0.4, -0.2) is 51.2 Å². The maximum absolute atomic E-state index is 14.8. The first-order valence-corrected chi connectivity index (χ1v) is 17.0. The van der Waals surface area contributed by atoms with Crippen molar-refractivity contribution >= 4 is 34.4 Å². The molecule has 9 nitrogen and oxygen atoms in total. The first kappa shape index (κ1) is 36.8. The largest absolute Gasteiger partial charge is 0.508 e. The summed E-state index contributed by atoms with van der Waals surface area (Å²) >= 11 is 0. The highest BCUT2D eigenvalue weighted by Gasteiger charge is 2.36. The highest BCUT2D eigenvalue weighted by molar-refractivity contribution is 6.00. The van der Waals surface area contributed by atoms with E-state index in [9.17, 15) is 24.6 Å². The lowest BCUT2D eigenvalue weighted by atomic mass is 9.98. The summed E-state index contributed by atoms with van der Waals surface area (Å²) in [7, 11) is 0. The molecule has 0 bridgehead atoms. The zero-order valence-corrected chi connectivity index (χ0v) is 29.2. The number of aryl methyl sites for hydroxylation is 1. The molecule has 0 aliphatic rings. The van der Waals surface area contributed by atoms with Crippen molar-refractivity contribution in [2.75, 3.05) is 11.9 Å². The molecule has 0 aromatic heterocycles. The van der Waals surface area contributed by atoms with Crippen molar-refractivity contribution in [1.29, 1.82) is 0 Å². The quantitative estimate of drug-likeness (QED) is 0.100. The number of nitrogens with one attached hydrogen (secondary N) is 2. The van der Waals surface area contributed by atoms with Crippen LogP contribution in [0.25, 0.3) is 10.8 Å². The van der Waals surface area contributed by atoms with Crippen LogP contribution in [-0.2, 0) is 20.7 Å². The van der Waals surface area contributed by atoms with Gasteiger partial charge in [0, 0.05) is 18.7 Å². The van der Waals surface area contributed by atoms with Crippen molar-refractivity contribution < 1.29 is 29.3 Å². The van der Waals surface area contributed by atoms with Gasteiger partial charge in [-0.25, -0.2) is 4.79 Å². The molecule has 9 heteroatoms. The number of phenolic OH excluding ortho intramolecular Hbond substituents is 2. The monoisotopic (exact) mass is 667 g/mol. The third-order valence-electron chi connectivity index (χ3n) is 8.26. The molecular weight excluding hydrogens is 618 g/mol. The zero-order valence-electron chi connectivity index (χ0n) is 29.2. The van der Waals surface area contributed by atoms with Crippen molar-refractivity contribution in [1.82, 2.24) is 10.2 Å². The molecule has 2 atom stereocenters. The number of carbonyl (C=O) groups is 3. The molecule has 0 radical (unpaired) electrons. The van der Waals surface area contributed by atoms with Crippen molar-refractivity contribution in [3.05, 3.63) is 102 Å². The number of nitrogens with zero attached hydrogens (tertiary/aromatic N) is 1. The Morgan fingerprint density at radius 1 is 0.837 bits per heavy atom. The van der Waals surface area contributed by atoms with E-state index in [-0.39, 0.29) is 24.5 Å². The van der Waals surface area contributed by atoms with E-state index in [1.54, 1.807) is 52.0 Å². The van der Waals surface area contributed by atoms with E-state index < -0.39 is 35.6 Å². The van der Waals surface area contributed by atoms with E-state index in [0.717, 1.165) is 36.5 Å². The molecule has 0 aliphatic heterocycles. The summed E-state index contributed by atoms with van der Waals surface area (Å²) in [4.78, 5) is 43.9. The lowest BCUT2D eigenvalue weighted by Crippen LogP contribution is -2.53. The lowest BCUT2D eigenvalue weighted by Gasteiger charge is -2.35. The molecule has 4 aromatic carbocycles. The van der Waals surface area contributed by atoms with Crippen LogP contribution in [0.15, 0.2) is 84.9 Å². The third kappa shape index (κ3) is 10.7. The maximum atomic E-state index is 14.8. The number of carbonyl (C=O) groups excluding carboxylic acids is 3. The molecular formula is C40H49N3O6. The third-order valence-corrected chi connectivity index (χ3v) is 8.26. The van der Waals surface area contributed by atoms with Gasteiger partial charge in [0.15, 0.2) is 0 Å². The Bertz CT molecular complexity index is 1730. The van der Waals surface area contributed by atoms with Gasteiger partial charge in [-0.1, -0.05) is 81.1 Å². The number of hydrogen-bond acceptors (Lipinski definition) is 6. The van der Waals surface area contributed by atoms with Crippen molar-refractivity contribution in [2.45, 2.75) is 90.8 Å². The minimum Gasteiger partial charge on any atom is -0.508 e. The second kappa shape index (κ2) is 16.9. The normalized spacial score (nSPS) is 12.6. The van der Waals surface area contributed by atoms with Crippen LogP contribution in [0, 0.1) is 6.92 Å². The summed E-state index contributed by atoms with van der Waals surface area (Å²) in [5.74, 6) is -0.734. The van der Waals surface area contributed by atoms with Crippen LogP contribution in [0.1, 0.15) is 82.5 Å². The molecule has 0 saturated carbocycles. The molecule has 4 rings (SSSR count). The summed E-state index contributed by atoms with van der Waals surface area (Å²) in [5, 5.41) is 28.1. The van der Waals surface area contributed by atoms with E-state index in [0.29, 0.717) is 28.8 Å². The second-order valence-electron chi connectivity index (χ2n) is 13.5. The van der Waals surface area contributed by atoms with Crippen LogP contribution in [0.2, 0.25) is 0 Å². The maximum Gasteiger partial charge on any atom is 0.408 e. The standard InChI is InChI=1S/C40H49N3O6/c1-6-7-8-9-12-23-43(38(47)34(42-39(48)49-40(3,4)5)25-28-15-20-33(44)21-16-28)36(31-18-22-35(45)27(2)24-31)37(46)41-32-19-17-29-13-10-11-14-30(29)26-32/h10-11,13-22,24,26,34,36,44-45H,6-9,12,23,25H2,1-5H3,(H,41,46)(H,42,48). The minimum atomic E-state index is -1.09. The van der Waals surface area contributed by atoms with Gasteiger partial charge in [-0.15, -0.1) is 0 Å². The molecule has 3 amide bonds. The van der Waals surface area contributed by atoms with Crippen molar-refractivity contribution in [3.8, 4) is 11.5 Å². The average molecular weight is 668 g/mol. The second-order valence-corrected chi connectivity index (χ2v) is 13.5. The summed E-state index contributed by atoms with van der Waals surface area (Å²) in [5.41, 5.74) is 1.56. The van der Waals surface area contributed by atoms with Gasteiger partial charge in [0.1, 0.15) is 29.2 Å². The van der Waals surface area contributed by atoms with Crippen LogP contribution in [0.3, 0.4) is 0 Å². The molecule has 4 aromatic rings. The molecule has 49 heavy (non-hydrogen) atoms. The fourth-order valence-electron chi connectivity index (χ4n) is 5.77. The number of unbranched alkanes of at least 4 members (excludes halogenated alkanes) is 4. The number of hydrogen-bond donors (Lipinski definition) is 4. The minimum absolute atomic E-state index is 0.0756. The van der Waals surface area contributed by atoms with E-state index in [4.69, 9.17) is 4.74 Å². The van der Waals surface area contributed by atoms with Gasteiger partial charge in [0.2, 0.25) is 5.91 Å². The molecule has 2 unspecified atom stereocenters. The molecule has 0 heterocycles. The Morgan fingerprint density at radius 3 is 2.20 bits per heavy atom. The number of rotatable bonds is 14. The zero-order chi connectivity index (χ0) is 35.6. The Kier molecular flexibility index (Phi) is 12.7. The number of aromatic hydroxyl groups is 2.